The van der Waals surface area contributed by atoms with Crippen LogP contribution in [0.3, 0.4) is 0 Å². The predicted octanol–water partition coefficient (Wildman–Crippen LogP) is 0.547. The van der Waals surface area contributed by atoms with Crippen molar-refractivity contribution in [2.75, 3.05) is 13.3 Å². The lowest BCUT2D eigenvalue weighted by Gasteiger charge is -2.21. The number of ether oxygens (including phenoxy) is 1. The van der Waals surface area contributed by atoms with E-state index in [2.05, 4.69) is 10.1 Å². The molecular formula is C4H7F2NO. The number of rotatable bonds is 0. The molecule has 1 heterocycles. The van der Waals surface area contributed by atoms with Crippen molar-refractivity contribution in [2.45, 2.75) is 12.5 Å². The van der Waals surface area contributed by atoms with Gasteiger partial charge < -0.3 is 4.74 Å². The van der Waals surface area contributed by atoms with Crippen molar-refractivity contribution in [3.63, 3.8) is 0 Å². The quantitative estimate of drug-likeness (QED) is 0.507. The van der Waals surface area contributed by atoms with E-state index in [-0.39, 0.29) is 13.2 Å². The zero-order chi connectivity index (χ0) is 6.04. The summed E-state index contributed by atoms with van der Waals surface area (Å²) in [4.78, 5) is 0. The summed E-state index contributed by atoms with van der Waals surface area (Å²) in [6.07, 6.45) is -3.10. The molecule has 0 spiro atoms. The van der Waals surface area contributed by atoms with Gasteiger partial charge in [-0.1, -0.05) is 0 Å². The summed E-state index contributed by atoms with van der Waals surface area (Å²) < 4.78 is 27.9. The van der Waals surface area contributed by atoms with Crippen molar-refractivity contribution in [3.05, 3.63) is 0 Å². The molecule has 48 valence electrons. The standard InChI is InChI=1S/C4H7F2NO/c5-4(6)1-2-7-3-8-4/h7H,1-3H2. The van der Waals surface area contributed by atoms with Crippen LogP contribution in [0.2, 0.25) is 0 Å². The highest BCUT2D eigenvalue weighted by Crippen LogP contribution is 2.20. The summed E-state index contributed by atoms with van der Waals surface area (Å²) in [6.45, 7) is 0.306. The number of nitrogens with one attached hydrogen (secondary N) is 1. The molecule has 0 aromatic carbocycles. The molecule has 4 heteroatoms. The SMILES string of the molecule is FC1(F)CCNCO1. The highest BCUT2D eigenvalue weighted by Gasteiger charge is 2.31. The maximum absolute atomic E-state index is 11.9. The smallest absolute Gasteiger partial charge is 0.305 e. The monoisotopic (exact) mass is 123 g/mol. The molecule has 0 atom stereocenters. The van der Waals surface area contributed by atoms with Crippen LogP contribution in [-0.2, 0) is 4.74 Å². The second-order valence-corrected chi connectivity index (χ2v) is 1.68. The number of halogens is 2. The summed E-state index contributed by atoms with van der Waals surface area (Å²) in [5, 5.41) is 2.64. The zero-order valence-electron chi connectivity index (χ0n) is 4.29. The van der Waals surface area contributed by atoms with Crippen molar-refractivity contribution in [2.24, 2.45) is 0 Å². The third kappa shape index (κ3) is 1.38. The van der Waals surface area contributed by atoms with E-state index in [1.165, 1.54) is 0 Å². The van der Waals surface area contributed by atoms with Gasteiger partial charge in [0.1, 0.15) is 6.73 Å². The molecular weight excluding hydrogens is 116 g/mol. The van der Waals surface area contributed by atoms with E-state index in [4.69, 9.17) is 0 Å². The molecule has 8 heavy (non-hydrogen) atoms. The topological polar surface area (TPSA) is 21.3 Å². The maximum atomic E-state index is 11.9. The van der Waals surface area contributed by atoms with E-state index in [9.17, 15) is 8.78 Å². The van der Waals surface area contributed by atoms with Crippen LogP contribution in [0.25, 0.3) is 0 Å². The van der Waals surface area contributed by atoms with Gasteiger partial charge in [-0.2, -0.15) is 8.78 Å². The second kappa shape index (κ2) is 1.95. The van der Waals surface area contributed by atoms with Crippen LogP contribution >= 0.6 is 0 Å². The lowest BCUT2D eigenvalue weighted by Crippen LogP contribution is -2.37. The fourth-order valence-corrected chi connectivity index (χ4v) is 0.535. The van der Waals surface area contributed by atoms with Crippen LogP contribution in [0.15, 0.2) is 0 Å². The lowest BCUT2D eigenvalue weighted by atomic mass is 10.4. The molecule has 1 rings (SSSR count). The van der Waals surface area contributed by atoms with Crippen LogP contribution in [0, 0.1) is 0 Å². The molecule has 0 unspecified atom stereocenters. The van der Waals surface area contributed by atoms with Crippen LogP contribution < -0.4 is 5.32 Å². The van der Waals surface area contributed by atoms with Gasteiger partial charge in [0.2, 0.25) is 0 Å². The van der Waals surface area contributed by atoms with Crippen LogP contribution in [-0.4, -0.2) is 19.4 Å². The van der Waals surface area contributed by atoms with Crippen molar-refractivity contribution < 1.29 is 13.5 Å². The minimum atomic E-state index is -2.88. The van der Waals surface area contributed by atoms with E-state index in [1.807, 2.05) is 0 Å². The highest BCUT2D eigenvalue weighted by atomic mass is 19.3. The van der Waals surface area contributed by atoms with Crippen molar-refractivity contribution in [1.82, 2.24) is 5.32 Å². The summed E-state index contributed by atoms with van der Waals surface area (Å²) in [6, 6.07) is 0. The molecule has 1 fully saturated rings. The molecule has 0 aromatic rings. The van der Waals surface area contributed by atoms with E-state index >= 15 is 0 Å². The van der Waals surface area contributed by atoms with Gasteiger partial charge in [-0.25, -0.2) is 0 Å². The van der Waals surface area contributed by atoms with Gasteiger partial charge in [-0.15, -0.1) is 0 Å². The van der Waals surface area contributed by atoms with E-state index in [1.54, 1.807) is 0 Å². The molecule has 0 aromatic heterocycles. The van der Waals surface area contributed by atoms with Crippen molar-refractivity contribution >= 4 is 0 Å². The normalized spacial score (nSPS) is 27.8. The van der Waals surface area contributed by atoms with Gasteiger partial charge in [0.15, 0.2) is 0 Å². The molecule has 1 aliphatic heterocycles. The third-order valence-corrected chi connectivity index (χ3v) is 0.978. The highest BCUT2D eigenvalue weighted by molar-refractivity contribution is 4.59. The largest absolute Gasteiger partial charge is 0.358 e. The average Bonchev–Trinajstić information content (AvgIpc) is 1.65. The first kappa shape index (κ1) is 5.91. The van der Waals surface area contributed by atoms with Gasteiger partial charge in [0.25, 0.3) is 0 Å². The Bertz CT molecular complexity index is 78.1. The Labute approximate surface area is 45.8 Å². The van der Waals surface area contributed by atoms with Gasteiger partial charge in [0.05, 0.1) is 6.42 Å². The molecule has 1 aliphatic rings. The molecule has 0 saturated carbocycles. The van der Waals surface area contributed by atoms with Crippen molar-refractivity contribution in [3.8, 4) is 0 Å². The van der Waals surface area contributed by atoms with Gasteiger partial charge in [-0.05, 0) is 0 Å². The van der Waals surface area contributed by atoms with Crippen molar-refractivity contribution in [1.29, 1.82) is 0 Å². The number of hydrogen-bond donors (Lipinski definition) is 1. The number of alkyl halides is 2. The Morgan fingerprint density at radius 1 is 1.50 bits per heavy atom. The fourth-order valence-electron chi connectivity index (χ4n) is 0.535. The summed E-state index contributed by atoms with van der Waals surface area (Å²) in [7, 11) is 0. The Balaban J connectivity index is 2.33. The molecule has 2 nitrogen and oxygen atoms in total. The predicted molar refractivity (Wildman–Crippen MR) is 23.5 cm³/mol. The molecule has 0 radical (unpaired) electrons. The van der Waals surface area contributed by atoms with E-state index < -0.39 is 6.11 Å². The molecule has 0 amide bonds. The Hall–Kier alpha value is -0.220. The maximum Gasteiger partial charge on any atom is 0.358 e. The number of hydrogen-bond acceptors (Lipinski definition) is 2. The van der Waals surface area contributed by atoms with Crippen LogP contribution in [0.5, 0.6) is 0 Å². The second-order valence-electron chi connectivity index (χ2n) is 1.68. The van der Waals surface area contributed by atoms with E-state index in [0.29, 0.717) is 6.54 Å². The first-order valence-electron chi connectivity index (χ1n) is 2.43. The summed E-state index contributed by atoms with van der Waals surface area (Å²) in [5.41, 5.74) is 0. The van der Waals surface area contributed by atoms with Gasteiger partial charge in [0, 0.05) is 6.54 Å². The van der Waals surface area contributed by atoms with Crippen LogP contribution in [0.1, 0.15) is 6.42 Å². The zero-order valence-corrected chi connectivity index (χ0v) is 4.29. The Kier molecular flexibility index (Phi) is 1.44. The summed E-state index contributed by atoms with van der Waals surface area (Å²) in [5.74, 6) is 0. The first-order valence-corrected chi connectivity index (χ1v) is 2.43. The van der Waals surface area contributed by atoms with Crippen LogP contribution in [0.4, 0.5) is 8.78 Å². The average molecular weight is 123 g/mol. The Morgan fingerprint density at radius 3 is 2.50 bits per heavy atom. The third-order valence-electron chi connectivity index (χ3n) is 0.978. The first-order chi connectivity index (χ1) is 3.71. The minimum Gasteiger partial charge on any atom is -0.305 e. The Morgan fingerprint density at radius 2 is 2.25 bits per heavy atom. The van der Waals surface area contributed by atoms with E-state index in [0.717, 1.165) is 0 Å². The molecule has 0 aliphatic carbocycles. The molecule has 1 N–H and O–H groups in total. The lowest BCUT2D eigenvalue weighted by molar-refractivity contribution is -0.259. The van der Waals surface area contributed by atoms with Gasteiger partial charge in [-0.3, -0.25) is 5.32 Å². The molecule has 1 saturated heterocycles. The summed E-state index contributed by atoms with van der Waals surface area (Å²) >= 11 is 0. The minimum absolute atomic E-state index is 0.0347. The molecule has 0 bridgehead atoms. The van der Waals surface area contributed by atoms with Gasteiger partial charge >= 0.3 is 6.11 Å². The fraction of sp³-hybridized carbons (Fsp3) is 1.00.